The molecule has 25 heavy (non-hydrogen) atoms. The number of fused-ring (bicyclic) bond motifs is 1. The van der Waals surface area contributed by atoms with Crippen LogP contribution in [0.25, 0.3) is 11.0 Å². The third-order valence-electron chi connectivity index (χ3n) is 4.11. The van der Waals surface area contributed by atoms with Gasteiger partial charge in [0.05, 0.1) is 6.61 Å². The first-order valence-corrected chi connectivity index (χ1v) is 8.28. The number of ether oxygens (including phenoxy) is 1. The summed E-state index contributed by atoms with van der Waals surface area (Å²) in [5.74, 6) is 0.440. The molecule has 0 aliphatic rings. The number of nitrogens with zero attached hydrogens (tertiary/aromatic N) is 1. The molecule has 0 bridgehead atoms. The monoisotopic (exact) mass is 341 g/mol. The second-order valence-corrected chi connectivity index (χ2v) is 5.67. The number of amides is 1. The van der Waals surface area contributed by atoms with Gasteiger partial charge in [0.25, 0.3) is 5.91 Å². The number of benzene rings is 2. The molecule has 0 unspecified atom stereocenters. The van der Waals surface area contributed by atoms with Crippen molar-refractivity contribution in [2.75, 3.05) is 18.1 Å². The molecule has 0 saturated heterocycles. The van der Waals surface area contributed by atoms with E-state index in [0.29, 0.717) is 24.4 Å². The second kappa shape index (κ2) is 6.97. The maximum absolute atomic E-state index is 13.1. The summed E-state index contributed by atoms with van der Waals surface area (Å²) in [7, 11) is 0. The summed E-state index contributed by atoms with van der Waals surface area (Å²) < 4.78 is 24.5. The molecule has 0 aliphatic carbocycles. The largest absolute Gasteiger partial charge is 0.494 e. The molecule has 0 radical (unpaired) electrons. The normalized spacial score (nSPS) is 10.9. The molecule has 3 rings (SSSR count). The molecule has 0 saturated carbocycles. The summed E-state index contributed by atoms with van der Waals surface area (Å²) in [6, 6.07) is 11.3. The van der Waals surface area contributed by atoms with Gasteiger partial charge in [-0.05, 0) is 63.2 Å². The minimum atomic E-state index is -0.337. The van der Waals surface area contributed by atoms with Gasteiger partial charge in [0.2, 0.25) is 0 Å². The molecule has 0 atom stereocenters. The molecular weight excluding hydrogens is 321 g/mol. The van der Waals surface area contributed by atoms with Crippen molar-refractivity contribution in [3.05, 3.63) is 59.6 Å². The summed E-state index contributed by atoms with van der Waals surface area (Å²) in [4.78, 5) is 14.5. The molecule has 3 aromatic rings. The molecule has 5 heteroatoms. The molecule has 0 spiro atoms. The number of furan rings is 1. The first kappa shape index (κ1) is 17.0. The molecular formula is C20H20FNO3. The van der Waals surface area contributed by atoms with Gasteiger partial charge in [0, 0.05) is 23.2 Å². The van der Waals surface area contributed by atoms with Crippen molar-refractivity contribution in [2.24, 2.45) is 0 Å². The highest BCUT2D eigenvalue weighted by molar-refractivity contribution is 6.08. The van der Waals surface area contributed by atoms with Crippen LogP contribution >= 0.6 is 0 Å². The Morgan fingerprint density at radius 2 is 1.88 bits per heavy atom. The Morgan fingerprint density at radius 1 is 1.16 bits per heavy atom. The van der Waals surface area contributed by atoms with Crippen LogP contribution in [0.5, 0.6) is 5.75 Å². The lowest BCUT2D eigenvalue weighted by atomic mass is 10.1. The van der Waals surface area contributed by atoms with Gasteiger partial charge < -0.3 is 14.1 Å². The summed E-state index contributed by atoms with van der Waals surface area (Å²) in [6.45, 7) is 6.66. The van der Waals surface area contributed by atoms with Gasteiger partial charge >= 0.3 is 0 Å². The highest BCUT2D eigenvalue weighted by Crippen LogP contribution is 2.30. The highest BCUT2D eigenvalue weighted by Gasteiger charge is 2.23. The van der Waals surface area contributed by atoms with Crippen LogP contribution in [0.1, 0.15) is 30.0 Å². The van der Waals surface area contributed by atoms with Gasteiger partial charge in [-0.3, -0.25) is 4.79 Å². The predicted octanol–water partition coefficient (Wildman–Crippen LogP) is 4.95. The second-order valence-electron chi connectivity index (χ2n) is 5.67. The Hall–Kier alpha value is -2.82. The lowest BCUT2D eigenvalue weighted by molar-refractivity contribution is 0.0963. The number of carbonyl (C=O) groups is 1. The molecule has 1 heterocycles. The molecule has 0 aliphatic heterocycles. The molecule has 130 valence electrons. The third kappa shape index (κ3) is 3.22. The fourth-order valence-electron chi connectivity index (χ4n) is 2.85. The van der Waals surface area contributed by atoms with E-state index in [4.69, 9.17) is 9.15 Å². The molecule has 0 fully saturated rings. The van der Waals surface area contributed by atoms with E-state index >= 15 is 0 Å². The van der Waals surface area contributed by atoms with E-state index in [1.165, 1.54) is 12.1 Å². The van der Waals surface area contributed by atoms with Crippen molar-refractivity contribution in [2.45, 2.75) is 20.8 Å². The van der Waals surface area contributed by atoms with Gasteiger partial charge in [-0.15, -0.1) is 0 Å². The Morgan fingerprint density at radius 3 is 2.52 bits per heavy atom. The van der Waals surface area contributed by atoms with Crippen molar-refractivity contribution in [3.8, 4) is 5.75 Å². The molecule has 1 aromatic heterocycles. The molecule has 1 amide bonds. The lowest BCUT2D eigenvalue weighted by Crippen LogP contribution is -2.30. The predicted molar refractivity (Wildman–Crippen MR) is 95.9 cm³/mol. The van der Waals surface area contributed by atoms with Crippen LogP contribution in [0.15, 0.2) is 46.9 Å². The van der Waals surface area contributed by atoms with Crippen LogP contribution in [0.3, 0.4) is 0 Å². The molecule has 2 aromatic carbocycles. The van der Waals surface area contributed by atoms with E-state index in [0.717, 1.165) is 16.7 Å². The van der Waals surface area contributed by atoms with Crippen molar-refractivity contribution >= 4 is 22.6 Å². The van der Waals surface area contributed by atoms with Crippen LogP contribution in [0.4, 0.5) is 10.1 Å². The van der Waals surface area contributed by atoms with Gasteiger partial charge in [0.15, 0.2) is 5.76 Å². The van der Waals surface area contributed by atoms with E-state index < -0.39 is 0 Å². The zero-order chi connectivity index (χ0) is 18.0. The molecule has 0 N–H and O–H groups in total. The van der Waals surface area contributed by atoms with Crippen molar-refractivity contribution in [3.63, 3.8) is 0 Å². The highest BCUT2D eigenvalue weighted by atomic mass is 19.1. The van der Waals surface area contributed by atoms with Gasteiger partial charge in [0.1, 0.15) is 17.1 Å². The maximum Gasteiger partial charge on any atom is 0.294 e. The van der Waals surface area contributed by atoms with E-state index in [9.17, 15) is 9.18 Å². The quantitative estimate of drug-likeness (QED) is 0.660. The summed E-state index contributed by atoms with van der Waals surface area (Å²) in [5.41, 5.74) is 2.03. The summed E-state index contributed by atoms with van der Waals surface area (Å²) >= 11 is 0. The van der Waals surface area contributed by atoms with Crippen LogP contribution in [-0.4, -0.2) is 19.1 Å². The van der Waals surface area contributed by atoms with Gasteiger partial charge in [-0.1, -0.05) is 0 Å². The maximum atomic E-state index is 13.1. The average Bonchev–Trinajstić information content (AvgIpc) is 2.94. The van der Waals surface area contributed by atoms with E-state index in [1.807, 2.05) is 32.9 Å². The summed E-state index contributed by atoms with van der Waals surface area (Å²) in [6.07, 6.45) is 0. The average molecular weight is 341 g/mol. The standard InChI is InChI=1S/C20H20FNO3/c1-4-22(15-8-6-14(21)7-9-15)20(23)19-13(3)17-12-16(24-5-2)10-11-18(17)25-19/h6-12H,4-5H2,1-3H3. The van der Waals surface area contributed by atoms with Crippen molar-refractivity contribution < 1.29 is 18.3 Å². The number of halogens is 1. The fourth-order valence-corrected chi connectivity index (χ4v) is 2.85. The van der Waals surface area contributed by atoms with Crippen LogP contribution in [0, 0.1) is 12.7 Å². The number of rotatable bonds is 5. The van der Waals surface area contributed by atoms with E-state index in [-0.39, 0.29) is 17.5 Å². The number of hydrogen-bond donors (Lipinski definition) is 0. The lowest BCUT2D eigenvalue weighted by Gasteiger charge is -2.20. The Balaban J connectivity index is 2.00. The minimum absolute atomic E-state index is 0.249. The Bertz CT molecular complexity index is 899. The number of hydrogen-bond acceptors (Lipinski definition) is 3. The van der Waals surface area contributed by atoms with Crippen LogP contribution in [0.2, 0.25) is 0 Å². The smallest absolute Gasteiger partial charge is 0.294 e. The number of anilines is 1. The van der Waals surface area contributed by atoms with Crippen molar-refractivity contribution in [1.29, 1.82) is 0 Å². The first-order chi connectivity index (χ1) is 12.0. The van der Waals surface area contributed by atoms with E-state index in [1.54, 1.807) is 23.1 Å². The third-order valence-corrected chi connectivity index (χ3v) is 4.11. The van der Waals surface area contributed by atoms with E-state index in [2.05, 4.69) is 0 Å². The summed E-state index contributed by atoms with van der Waals surface area (Å²) in [5, 5.41) is 0.851. The van der Waals surface area contributed by atoms with Crippen molar-refractivity contribution in [1.82, 2.24) is 0 Å². The van der Waals surface area contributed by atoms with Gasteiger partial charge in [-0.25, -0.2) is 4.39 Å². The number of carbonyl (C=O) groups excluding carboxylic acids is 1. The zero-order valence-corrected chi connectivity index (χ0v) is 14.5. The number of aryl methyl sites for hydroxylation is 1. The fraction of sp³-hybridized carbons (Fsp3) is 0.250. The topological polar surface area (TPSA) is 42.7 Å². The van der Waals surface area contributed by atoms with Crippen LogP contribution < -0.4 is 9.64 Å². The Kier molecular flexibility index (Phi) is 4.74. The Labute approximate surface area is 145 Å². The SMILES string of the molecule is CCOc1ccc2oc(C(=O)N(CC)c3ccc(F)cc3)c(C)c2c1. The van der Waals surface area contributed by atoms with Crippen LogP contribution in [-0.2, 0) is 0 Å². The zero-order valence-electron chi connectivity index (χ0n) is 14.5. The first-order valence-electron chi connectivity index (χ1n) is 8.28. The molecule has 4 nitrogen and oxygen atoms in total. The van der Waals surface area contributed by atoms with Gasteiger partial charge in [-0.2, -0.15) is 0 Å². The minimum Gasteiger partial charge on any atom is -0.494 e.